The summed E-state index contributed by atoms with van der Waals surface area (Å²) in [7, 11) is 0. The molecule has 0 aliphatic carbocycles. The van der Waals surface area contributed by atoms with Gasteiger partial charge in [-0.3, -0.25) is 9.59 Å². The summed E-state index contributed by atoms with van der Waals surface area (Å²) in [5.41, 5.74) is 2.29. The lowest BCUT2D eigenvalue weighted by molar-refractivity contribution is -0.124. The quantitative estimate of drug-likeness (QED) is 0.781. The van der Waals surface area contributed by atoms with Gasteiger partial charge in [0.05, 0.1) is 0 Å². The SMILES string of the molecule is CCC(C)N(Cc1ccccc1)C(=O)c1cccc(NC(=O)C2CCCO2)c1. The van der Waals surface area contributed by atoms with Gasteiger partial charge in [-0.25, -0.2) is 0 Å². The molecule has 28 heavy (non-hydrogen) atoms. The second-order valence-corrected chi connectivity index (χ2v) is 7.25. The normalized spacial score (nSPS) is 17.1. The van der Waals surface area contributed by atoms with E-state index in [1.807, 2.05) is 35.2 Å². The number of hydrogen-bond donors (Lipinski definition) is 1. The molecule has 1 fully saturated rings. The Morgan fingerprint density at radius 2 is 1.96 bits per heavy atom. The molecule has 0 saturated carbocycles. The van der Waals surface area contributed by atoms with Crippen LogP contribution < -0.4 is 5.32 Å². The zero-order valence-electron chi connectivity index (χ0n) is 16.6. The van der Waals surface area contributed by atoms with E-state index in [0.29, 0.717) is 24.4 Å². The van der Waals surface area contributed by atoms with Crippen molar-refractivity contribution in [2.75, 3.05) is 11.9 Å². The van der Waals surface area contributed by atoms with Crippen molar-refractivity contribution in [1.29, 1.82) is 0 Å². The van der Waals surface area contributed by atoms with Gasteiger partial charge < -0.3 is 15.0 Å². The van der Waals surface area contributed by atoms with E-state index in [2.05, 4.69) is 19.2 Å². The van der Waals surface area contributed by atoms with Crippen LogP contribution in [0.15, 0.2) is 54.6 Å². The van der Waals surface area contributed by atoms with Gasteiger partial charge in [0, 0.05) is 30.4 Å². The Hall–Kier alpha value is -2.66. The summed E-state index contributed by atoms with van der Waals surface area (Å²) in [4.78, 5) is 27.4. The van der Waals surface area contributed by atoms with Crippen molar-refractivity contribution in [3.8, 4) is 0 Å². The zero-order chi connectivity index (χ0) is 19.9. The van der Waals surface area contributed by atoms with Gasteiger partial charge in [-0.1, -0.05) is 43.3 Å². The highest BCUT2D eigenvalue weighted by Crippen LogP contribution is 2.19. The lowest BCUT2D eigenvalue weighted by Crippen LogP contribution is -2.37. The van der Waals surface area contributed by atoms with Crippen molar-refractivity contribution < 1.29 is 14.3 Å². The van der Waals surface area contributed by atoms with Crippen LogP contribution in [-0.4, -0.2) is 35.5 Å². The molecule has 5 nitrogen and oxygen atoms in total. The molecule has 1 aliphatic rings. The summed E-state index contributed by atoms with van der Waals surface area (Å²) in [6.45, 7) is 5.32. The average molecular weight is 380 g/mol. The molecular formula is C23H28N2O3. The minimum absolute atomic E-state index is 0.0357. The van der Waals surface area contributed by atoms with E-state index in [0.717, 1.165) is 24.8 Å². The maximum Gasteiger partial charge on any atom is 0.254 e. The first kappa shape index (κ1) is 20.1. The minimum Gasteiger partial charge on any atom is -0.368 e. The number of ether oxygens (including phenoxy) is 1. The molecule has 0 aromatic heterocycles. The second kappa shape index (κ2) is 9.51. The molecule has 0 spiro atoms. The monoisotopic (exact) mass is 380 g/mol. The summed E-state index contributed by atoms with van der Waals surface area (Å²) in [5, 5.41) is 2.88. The summed E-state index contributed by atoms with van der Waals surface area (Å²) in [6.07, 6.45) is 2.12. The van der Waals surface area contributed by atoms with Crippen molar-refractivity contribution >= 4 is 17.5 Å². The molecule has 2 amide bonds. The van der Waals surface area contributed by atoms with Gasteiger partial charge in [0.25, 0.3) is 11.8 Å². The molecule has 3 rings (SSSR count). The van der Waals surface area contributed by atoms with Crippen molar-refractivity contribution in [3.05, 3.63) is 65.7 Å². The maximum atomic E-state index is 13.2. The number of rotatable bonds is 7. The first-order valence-electron chi connectivity index (χ1n) is 9.96. The largest absolute Gasteiger partial charge is 0.368 e. The van der Waals surface area contributed by atoms with E-state index < -0.39 is 6.10 Å². The summed E-state index contributed by atoms with van der Waals surface area (Å²) >= 11 is 0. The van der Waals surface area contributed by atoms with Crippen molar-refractivity contribution in [3.63, 3.8) is 0 Å². The molecule has 1 N–H and O–H groups in total. The molecule has 2 aromatic rings. The standard InChI is InChI=1S/C23H28N2O3/c1-3-17(2)25(16-18-9-5-4-6-10-18)23(27)19-11-7-12-20(15-19)24-22(26)21-13-8-14-28-21/h4-7,9-12,15,17,21H,3,8,13-14,16H2,1-2H3,(H,24,26). The zero-order valence-corrected chi connectivity index (χ0v) is 16.6. The van der Waals surface area contributed by atoms with Gasteiger partial charge in [-0.15, -0.1) is 0 Å². The molecule has 2 atom stereocenters. The summed E-state index contributed by atoms with van der Waals surface area (Å²) in [5.74, 6) is -0.184. The van der Waals surface area contributed by atoms with E-state index in [1.165, 1.54) is 0 Å². The van der Waals surface area contributed by atoms with Crippen molar-refractivity contribution in [1.82, 2.24) is 4.90 Å². The number of amides is 2. The number of anilines is 1. The third kappa shape index (κ3) is 4.98. The Kier molecular flexibility index (Phi) is 6.82. The fraction of sp³-hybridized carbons (Fsp3) is 0.391. The molecule has 2 aromatic carbocycles. The highest BCUT2D eigenvalue weighted by atomic mass is 16.5. The van der Waals surface area contributed by atoms with Crippen molar-refractivity contribution in [2.45, 2.75) is 51.8 Å². The average Bonchev–Trinajstić information content (AvgIpc) is 3.27. The van der Waals surface area contributed by atoms with Crippen molar-refractivity contribution in [2.24, 2.45) is 0 Å². The predicted octanol–water partition coefficient (Wildman–Crippen LogP) is 4.25. The number of nitrogens with zero attached hydrogens (tertiary/aromatic N) is 1. The number of hydrogen-bond acceptors (Lipinski definition) is 3. The lowest BCUT2D eigenvalue weighted by atomic mass is 10.1. The fourth-order valence-corrected chi connectivity index (χ4v) is 3.33. The van der Waals surface area contributed by atoms with Crippen LogP contribution in [0.1, 0.15) is 49.0 Å². The lowest BCUT2D eigenvalue weighted by Gasteiger charge is -2.29. The molecular weight excluding hydrogens is 352 g/mol. The minimum atomic E-state index is -0.394. The Balaban J connectivity index is 1.75. The number of nitrogens with one attached hydrogen (secondary N) is 1. The third-order valence-corrected chi connectivity index (χ3v) is 5.18. The fourth-order valence-electron chi connectivity index (χ4n) is 3.33. The first-order valence-corrected chi connectivity index (χ1v) is 9.96. The molecule has 0 radical (unpaired) electrons. The Morgan fingerprint density at radius 1 is 1.18 bits per heavy atom. The van der Waals surface area contributed by atoms with Gasteiger partial charge in [-0.2, -0.15) is 0 Å². The van der Waals surface area contributed by atoms with E-state index in [9.17, 15) is 9.59 Å². The van der Waals surface area contributed by atoms with E-state index in [4.69, 9.17) is 4.74 Å². The molecule has 1 heterocycles. The smallest absolute Gasteiger partial charge is 0.254 e. The van der Waals surface area contributed by atoms with Crippen LogP contribution in [-0.2, 0) is 16.1 Å². The Morgan fingerprint density at radius 3 is 2.64 bits per heavy atom. The van der Waals surface area contributed by atoms with Gasteiger partial charge >= 0.3 is 0 Å². The van der Waals surface area contributed by atoms with E-state index >= 15 is 0 Å². The van der Waals surface area contributed by atoms with E-state index in [-0.39, 0.29) is 17.9 Å². The highest BCUT2D eigenvalue weighted by molar-refractivity contribution is 5.98. The van der Waals surface area contributed by atoms with Gasteiger partial charge in [0.1, 0.15) is 6.10 Å². The number of carbonyl (C=O) groups is 2. The van der Waals surface area contributed by atoms with Crippen LogP contribution in [0, 0.1) is 0 Å². The van der Waals surface area contributed by atoms with Crippen LogP contribution in [0.25, 0.3) is 0 Å². The maximum absolute atomic E-state index is 13.2. The highest BCUT2D eigenvalue weighted by Gasteiger charge is 2.24. The molecule has 2 unspecified atom stereocenters. The van der Waals surface area contributed by atoms with Crippen LogP contribution in [0.4, 0.5) is 5.69 Å². The summed E-state index contributed by atoms with van der Waals surface area (Å²) in [6, 6.07) is 17.2. The number of carbonyl (C=O) groups excluding carboxylic acids is 2. The van der Waals surface area contributed by atoms with Crippen LogP contribution >= 0.6 is 0 Å². The van der Waals surface area contributed by atoms with Gasteiger partial charge in [0.15, 0.2) is 0 Å². The first-order chi connectivity index (χ1) is 13.6. The number of benzene rings is 2. The van der Waals surface area contributed by atoms with Gasteiger partial charge in [0.2, 0.25) is 0 Å². The molecule has 0 bridgehead atoms. The molecule has 5 heteroatoms. The molecule has 148 valence electrons. The van der Waals surface area contributed by atoms with Gasteiger partial charge in [-0.05, 0) is 49.9 Å². The third-order valence-electron chi connectivity index (χ3n) is 5.18. The van der Waals surface area contributed by atoms with Crippen LogP contribution in [0.5, 0.6) is 0 Å². The van der Waals surface area contributed by atoms with E-state index in [1.54, 1.807) is 24.3 Å². The summed E-state index contributed by atoms with van der Waals surface area (Å²) < 4.78 is 5.43. The topological polar surface area (TPSA) is 58.6 Å². The second-order valence-electron chi connectivity index (χ2n) is 7.25. The predicted molar refractivity (Wildman–Crippen MR) is 110 cm³/mol. The Labute approximate surface area is 166 Å². The molecule has 1 aliphatic heterocycles. The Bertz CT molecular complexity index is 801. The molecule has 1 saturated heterocycles. The van der Waals surface area contributed by atoms with Crippen LogP contribution in [0.2, 0.25) is 0 Å². The van der Waals surface area contributed by atoms with Crippen LogP contribution in [0.3, 0.4) is 0 Å².